The minimum Gasteiger partial charge on any atom is -0.380 e. The van der Waals surface area contributed by atoms with E-state index >= 15 is 0 Å². The Morgan fingerprint density at radius 1 is 1.30 bits per heavy atom. The number of benzene rings is 2. The Morgan fingerprint density at radius 2 is 2.00 bits per heavy atom. The SMILES string of the molecule is [C-]#[N+]c1ccc(CC(=O)[C@@](C)(O)C(C)n2ncc3c(F)cccc32)cc1C(F)(F)F. The van der Waals surface area contributed by atoms with E-state index in [0.717, 1.165) is 12.1 Å². The van der Waals surface area contributed by atoms with Gasteiger partial charge < -0.3 is 5.11 Å². The largest absolute Gasteiger partial charge is 0.407 e. The second kappa shape index (κ2) is 7.54. The Balaban J connectivity index is 1.90. The molecule has 1 N–H and O–H groups in total. The summed E-state index contributed by atoms with van der Waals surface area (Å²) in [5.74, 6) is -1.24. The van der Waals surface area contributed by atoms with Gasteiger partial charge in [0, 0.05) is 6.42 Å². The molecule has 3 aromatic rings. The molecule has 2 aromatic carbocycles. The van der Waals surface area contributed by atoms with E-state index in [4.69, 9.17) is 6.57 Å². The van der Waals surface area contributed by atoms with Crippen molar-refractivity contribution in [1.82, 2.24) is 9.78 Å². The number of aliphatic hydroxyl groups is 1. The standard InChI is InChI=1S/C21H17F4N3O2/c1-12(28-18-6-4-5-16(22)14(18)11-27-28)20(2,30)19(29)10-13-7-8-17(26-3)15(9-13)21(23,24)25/h4-9,11-12,30H,10H2,1-2H3/t12?,20-/m0/s1. The summed E-state index contributed by atoms with van der Waals surface area (Å²) < 4.78 is 54.7. The van der Waals surface area contributed by atoms with E-state index in [2.05, 4.69) is 9.94 Å². The number of Topliss-reactive ketones (excluding diaryl/α,β-unsaturated/α-hetero) is 1. The Hall–Kier alpha value is -3.25. The van der Waals surface area contributed by atoms with Gasteiger partial charge in [0.1, 0.15) is 11.4 Å². The smallest absolute Gasteiger partial charge is 0.380 e. The second-order valence-electron chi connectivity index (χ2n) is 7.15. The molecule has 0 radical (unpaired) electrons. The maximum atomic E-state index is 13.9. The fourth-order valence-electron chi connectivity index (χ4n) is 3.20. The van der Waals surface area contributed by atoms with Crippen LogP contribution in [0.2, 0.25) is 0 Å². The van der Waals surface area contributed by atoms with Gasteiger partial charge in [-0.3, -0.25) is 9.48 Å². The van der Waals surface area contributed by atoms with Crippen molar-refractivity contribution in [1.29, 1.82) is 0 Å². The number of rotatable bonds is 5. The zero-order valence-electron chi connectivity index (χ0n) is 16.0. The fourth-order valence-corrected chi connectivity index (χ4v) is 3.20. The van der Waals surface area contributed by atoms with Crippen LogP contribution in [0, 0.1) is 12.4 Å². The zero-order chi connectivity index (χ0) is 22.3. The molecule has 30 heavy (non-hydrogen) atoms. The molecule has 0 fully saturated rings. The van der Waals surface area contributed by atoms with Crippen molar-refractivity contribution in [3.05, 3.63) is 71.0 Å². The van der Waals surface area contributed by atoms with Crippen LogP contribution < -0.4 is 0 Å². The van der Waals surface area contributed by atoms with Crippen molar-refractivity contribution in [2.24, 2.45) is 0 Å². The first kappa shape index (κ1) is 21.5. The van der Waals surface area contributed by atoms with Crippen molar-refractivity contribution in [3.63, 3.8) is 0 Å². The Bertz CT molecular complexity index is 1160. The molecule has 1 unspecified atom stereocenters. The predicted molar refractivity (Wildman–Crippen MR) is 101 cm³/mol. The summed E-state index contributed by atoms with van der Waals surface area (Å²) in [6.45, 7) is 9.63. The summed E-state index contributed by atoms with van der Waals surface area (Å²) >= 11 is 0. The number of alkyl halides is 3. The van der Waals surface area contributed by atoms with E-state index in [0.29, 0.717) is 5.52 Å². The highest BCUT2D eigenvalue weighted by molar-refractivity contribution is 5.89. The van der Waals surface area contributed by atoms with Gasteiger partial charge in [-0.1, -0.05) is 24.3 Å². The number of nitrogens with zero attached hydrogens (tertiary/aromatic N) is 3. The van der Waals surface area contributed by atoms with Crippen LogP contribution in [0.15, 0.2) is 42.6 Å². The lowest BCUT2D eigenvalue weighted by molar-refractivity contribution is -0.139. The highest BCUT2D eigenvalue weighted by Gasteiger charge is 2.39. The van der Waals surface area contributed by atoms with E-state index in [-0.39, 0.29) is 10.9 Å². The quantitative estimate of drug-likeness (QED) is 0.474. The van der Waals surface area contributed by atoms with Gasteiger partial charge in [-0.05, 0) is 31.5 Å². The molecule has 156 valence electrons. The van der Waals surface area contributed by atoms with Crippen molar-refractivity contribution in [2.45, 2.75) is 38.1 Å². The van der Waals surface area contributed by atoms with Crippen molar-refractivity contribution >= 4 is 22.4 Å². The normalized spacial score (nSPS) is 14.9. The molecule has 3 rings (SSSR count). The maximum Gasteiger partial charge on any atom is 0.407 e. The summed E-state index contributed by atoms with van der Waals surface area (Å²) in [5, 5.41) is 15.2. The number of hydrogen-bond donors (Lipinski definition) is 1. The third-order valence-electron chi connectivity index (χ3n) is 5.18. The van der Waals surface area contributed by atoms with Gasteiger partial charge in [-0.15, -0.1) is 0 Å². The molecule has 5 nitrogen and oxygen atoms in total. The molecular formula is C21H17F4N3O2. The number of ketones is 1. The highest BCUT2D eigenvalue weighted by atomic mass is 19.4. The average Bonchev–Trinajstić information content (AvgIpc) is 3.12. The molecule has 1 aromatic heterocycles. The van der Waals surface area contributed by atoms with Gasteiger partial charge in [0.05, 0.1) is 35.3 Å². The van der Waals surface area contributed by atoms with Gasteiger partial charge in [0.15, 0.2) is 11.5 Å². The molecule has 0 bridgehead atoms. The van der Waals surface area contributed by atoms with Crippen LogP contribution in [0.25, 0.3) is 15.7 Å². The number of carbonyl (C=O) groups excluding carboxylic acids is 1. The minimum absolute atomic E-state index is 0.0172. The third kappa shape index (κ3) is 3.78. The van der Waals surface area contributed by atoms with E-state index in [9.17, 15) is 27.5 Å². The predicted octanol–water partition coefficient (Wildman–Crippen LogP) is 4.87. The van der Waals surface area contributed by atoms with E-state index in [1.54, 1.807) is 6.07 Å². The molecule has 0 spiro atoms. The minimum atomic E-state index is -4.74. The van der Waals surface area contributed by atoms with Crippen LogP contribution in [0.4, 0.5) is 23.2 Å². The lowest BCUT2D eigenvalue weighted by atomic mass is 9.88. The van der Waals surface area contributed by atoms with Crippen LogP contribution in [0.1, 0.15) is 31.0 Å². The van der Waals surface area contributed by atoms with Gasteiger partial charge in [0.2, 0.25) is 0 Å². The van der Waals surface area contributed by atoms with Crippen LogP contribution in [0.3, 0.4) is 0 Å². The summed E-state index contributed by atoms with van der Waals surface area (Å²) in [7, 11) is 0. The van der Waals surface area contributed by atoms with Crippen molar-refractivity contribution < 1.29 is 27.5 Å². The summed E-state index contributed by atoms with van der Waals surface area (Å²) in [6, 6.07) is 6.38. The number of hydrogen-bond acceptors (Lipinski definition) is 3. The maximum absolute atomic E-state index is 13.9. The molecule has 0 aliphatic heterocycles. The molecule has 1 heterocycles. The zero-order valence-corrected chi connectivity index (χ0v) is 16.0. The fraction of sp³-hybridized carbons (Fsp3) is 0.286. The van der Waals surface area contributed by atoms with Gasteiger partial charge >= 0.3 is 6.18 Å². The van der Waals surface area contributed by atoms with Crippen molar-refractivity contribution in [3.8, 4) is 0 Å². The molecule has 0 amide bonds. The first-order valence-corrected chi connectivity index (χ1v) is 8.91. The van der Waals surface area contributed by atoms with Crippen molar-refractivity contribution in [2.75, 3.05) is 0 Å². The molecule has 0 aliphatic rings. The highest BCUT2D eigenvalue weighted by Crippen LogP contribution is 2.37. The van der Waals surface area contributed by atoms with E-state index in [1.165, 1.54) is 42.9 Å². The van der Waals surface area contributed by atoms with E-state index in [1.807, 2.05) is 0 Å². The summed E-state index contributed by atoms with van der Waals surface area (Å²) in [4.78, 5) is 15.6. The average molecular weight is 419 g/mol. The Kier molecular flexibility index (Phi) is 5.39. The monoisotopic (exact) mass is 419 g/mol. The summed E-state index contributed by atoms with van der Waals surface area (Å²) in [6.07, 6.45) is -3.94. The first-order valence-electron chi connectivity index (χ1n) is 8.91. The van der Waals surface area contributed by atoms with E-state index < -0.39 is 47.1 Å². The van der Waals surface area contributed by atoms with Gasteiger partial charge in [-0.25, -0.2) is 9.24 Å². The number of aromatic nitrogens is 2. The number of fused-ring (bicyclic) bond motifs is 1. The Morgan fingerprint density at radius 3 is 2.63 bits per heavy atom. The molecule has 2 atom stereocenters. The van der Waals surface area contributed by atoms with Gasteiger partial charge in [0.25, 0.3) is 0 Å². The van der Waals surface area contributed by atoms with Crippen LogP contribution in [-0.2, 0) is 17.4 Å². The molecular weight excluding hydrogens is 402 g/mol. The van der Waals surface area contributed by atoms with Crippen LogP contribution in [0.5, 0.6) is 0 Å². The molecule has 0 saturated carbocycles. The van der Waals surface area contributed by atoms with Crippen LogP contribution in [-0.4, -0.2) is 26.3 Å². The van der Waals surface area contributed by atoms with Gasteiger partial charge in [-0.2, -0.15) is 18.3 Å². The lowest BCUT2D eigenvalue weighted by Crippen LogP contribution is -2.44. The van der Waals surface area contributed by atoms with Crippen LogP contribution >= 0.6 is 0 Å². The topological polar surface area (TPSA) is 59.5 Å². The Labute approximate surface area is 169 Å². The molecule has 0 saturated heterocycles. The summed E-state index contributed by atoms with van der Waals surface area (Å²) in [5.41, 5.74) is -3.31. The second-order valence-corrected chi connectivity index (χ2v) is 7.15. The number of carbonyl (C=O) groups is 1. The molecule has 9 heteroatoms. The first-order chi connectivity index (χ1) is 14.0. The molecule has 0 aliphatic carbocycles. The lowest BCUT2D eigenvalue weighted by Gasteiger charge is -2.29. The number of halogens is 4. The third-order valence-corrected chi connectivity index (χ3v) is 5.18.